The highest BCUT2D eigenvalue weighted by atomic mass is 35.5. The van der Waals surface area contributed by atoms with Crippen LogP contribution < -0.4 is 15.0 Å². The van der Waals surface area contributed by atoms with E-state index in [1.165, 1.54) is 6.07 Å². The van der Waals surface area contributed by atoms with Crippen molar-refractivity contribution in [1.29, 1.82) is 0 Å². The minimum absolute atomic E-state index is 0. The topological polar surface area (TPSA) is 24.5 Å². The van der Waals surface area contributed by atoms with Crippen LogP contribution in [0.3, 0.4) is 0 Å². The van der Waals surface area contributed by atoms with E-state index in [0.717, 1.165) is 23.8 Å². The third kappa shape index (κ3) is 5.08. The van der Waals surface area contributed by atoms with Crippen molar-refractivity contribution in [2.45, 2.75) is 31.6 Å². The summed E-state index contributed by atoms with van der Waals surface area (Å²) in [4.78, 5) is 1.82. The smallest absolute Gasteiger partial charge is 0.418 e. The number of benzene rings is 2. The molecule has 0 bridgehead atoms. The largest absolute Gasteiger partial charge is 0.497 e. The molecule has 0 aromatic heterocycles. The maximum atomic E-state index is 13.2. The number of alkyl halides is 3. The summed E-state index contributed by atoms with van der Waals surface area (Å²) in [7, 11) is 1.63. The molecular formula is C20H24ClF3N2O. The molecule has 1 N–H and O–H groups in total. The van der Waals surface area contributed by atoms with Crippen molar-refractivity contribution in [3.8, 4) is 5.75 Å². The van der Waals surface area contributed by atoms with Crippen LogP contribution in [0.5, 0.6) is 5.75 Å². The van der Waals surface area contributed by atoms with Gasteiger partial charge in [-0.2, -0.15) is 13.2 Å². The van der Waals surface area contributed by atoms with Gasteiger partial charge in [0, 0.05) is 30.9 Å². The summed E-state index contributed by atoms with van der Waals surface area (Å²) in [5, 5.41) is 3.53. The zero-order valence-electron chi connectivity index (χ0n) is 15.3. The normalized spacial score (nSPS) is 18.1. The van der Waals surface area contributed by atoms with Crippen molar-refractivity contribution in [3.05, 3.63) is 59.7 Å². The van der Waals surface area contributed by atoms with Gasteiger partial charge in [-0.1, -0.05) is 24.3 Å². The van der Waals surface area contributed by atoms with Gasteiger partial charge in [-0.15, -0.1) is 12.4 Å². The second kappa shape index (κ2) is 8.85. The molecular weight excluding hydrogens is 377 g/mol. The molecule has 0 amide bonds. The van der Waals surface area contributed by atoms with Gasteiger partial charge < -0.3 is 15.0 Å². The van der Waals surface area contributed by atoms with Crippen molar-refractivity contribution in [3.63, 3.8) is 0 Å². The van der Waals surface area contributed by atoms with Crippen molar-refractivity contribution < 1.29 is 17.9 Å². The third-order valence-corrected chi connectivity index (χ3v) is 4.82. The van der Waals surface area contributed by atoms with Gasteiger partial charge in [0.05, 0.1) is 12.7 Å². The third-order valence-electron chi connectivity index (χ3n) is 4.82. The van der Waals surface area contributed by atoms with Gasteiger partial charge in [-0.25, -0.2) is 0 Å². The fourth-order valence-electron chi connectivity index (χ4n) is 3.46. The fourth-order valence-corrected chi connectivity index (χ4v) is 3.46. The SMILES string of the molecule is COc1cccc([C@@H](C)N[C@@H]2CCN(c3ccccc3C(F)(F)F)C2)c1.Cl. The number of hydrogen-bond donors (Lipinski definition) is 1. The quantitative estimate of drug-likeness (QED) is 0.758. The molecule has 2 atom stereocenters. The number of nitrogens with one attached hydrogen (secondary N) is 1. The van der Waals surface area contributed by atoms with E-state index in [1.54, 1.807) is 19.2 Å². The van der Waals surface area contributed by atoms with Crippen LogP contribution in [0.25, 0.3) is 0 Å². The Kier molecular flexibility index (Phi) is 7.00. The highest BCUT2D eigenvalue weighted by Crippen LogP contribution is 2.37. The molecule has 0 radical (unpaired) electrons. The molecule has 7 heteroatoms. The van der Waals surface area contributed by atoms with Crippen LogP contribution in [-0.2, 0) is 6.18 Å². The van der Waals surface area contributed by atoms with Crippen LogP contribution in [0.1, 0.15) is 30.5 Å². The van der Waals surface area contributed by atoms with Crippen LogP contribution in [-0.4, -0.2) is 26.2 Å². The van der Waals surface area contributed by atoms with Crippen LogP contribution in [0.4, 0.5) is 18.9 Å². The Hall–Kier alpha value is -1.92. The molecule has 3 rings (SSSR count). The zero-order chi connectivity index (χ0) is 18.7. The summed E-state index contributed by atoms with van der Waals surface area (Å²) in [6.07, 6.45) is -3.53. The zero-order valence-corrected chi connectivity index (χ0v) is 16.1. The number of halogens is 4. The fraction of sp³-hybridized carbons (Fsp3) is 0.400. The Labute approximate surface area is 163 Å². The first-order chi connectivity index (χ1) is 12.4. The highest BCUT2D eigenvalue weighted by molar-refractivity contribution is 5.85. The van der Waals surface area contributed by atoms with E-state index in [2.05, 4.69) is 12.2 Å². The predicted octanol–water partition coefficient (Wildman–Crippen LogP) is 5.07. The summed E-state index contributed by atoms with van der Waals surface area (Å²) in [6, 6.07) is 13.8. The number of methoxy groups -OCH3 is 1. The Morgan fingerprint density at radius 2 is 1.89 bits per heavy atom. The Morgan fingerprint density at radius 3 is 2.59 bits per heavy atom. The highest BCUT2D eigenvalue weighted by Gasteiger charge is 2.36. The van der Waals surface area contributed by atoms with E-state index in [4.69, 9.17) is 4.74 Å². The number of rotatable bonds is 5. The molecule has 0 unspecified atom stereocenters. The van der Waals surface area contributed by atoms with E-state index >= 15 is 0 Å². The van der Waals surface area contributed by atoms with Gasteiger partial charge in [0.25, 0.3) is 0 Å². The lowest BCUT2D eigenvalue weighted by Crippen LogP contribution is -2.34. The molecule has 148 valence electrons. The molecule has 2 aromatic rings. The lowest BCUT2D eigenvalue weighted by Gasteiger charge is -2.24. The van der Waals surface area contributed by atoms with E-state index < -0.39 is 11.7 Å². The average Bonchev–Trinajstić information content (AvgIpc) is 3.09. The predicted molar refractivity (Wildman–Crippen MR) is 104 cm³/mol. The van der Waals surface area contributed by atoms with E-state index in [9.17, 15) is 13.2 Å². The van der Waals surface area contributed by atoms with Crippen molar-refractivity contribution in [1.82, 2.24) is 5.32 Å². The number of para-hydroxylation sites is 1. The monoisotopic (exact) mass is 400 g/mol. The molecule has 1 fully saturated rings. The van der Waals surface area contributed by atoms with Gasteiger partial charge in [-0.05, 0) is 43.2 Å². The summed E-state index contributed by atoms with van der Waals surface area (Å²) >= 11 is 0. The number of ether oxygens (including phenoxy) is 1. The van der Waals surface area contributed by atoms with Crippen LogP contribution in [0.15, 0.2) is 48.5 Å². The summed E-state index contributed by atoms with van der Waals surface area (Å²) in [5.74, 6) is 0.795. The Morgan fingerprint density at radius 1 is 1.15 bits per heavy atom. The van der Waals surface area contributed by atoms with Crippen molar-refractivity contribution in [2.75, 3.05) is 25.1 Å². The van der Waals surface area contributed by atoms with Gasteiger partial charge in [0.15, 0.2) is 0 Å². The second-order valence-electron chi connectivity index (χ2n) is 6.61. The second-order valence-corrected chi connectivity index (χ2v) is 6.61. The van der Waals surface area contributed by atoms with Crippen LogP contribution in [0, 0.1) is 0 Å². The number of anilines is 1. The van der Waals surface area contributed by atoms with Gasteiger partial charge in [-0.3, -0.25) is 0 Å². The van der Waals surface area contributed by atoms with E-state index in [0.29, 0.717) is 13.1 Å². The standard InChI is InChI=1S/C20H23F3N2O.ClH/c1-14(15-6-5-7-17(12-15)26-2)24-16-10-11-25(13-16)19-9-4-3-8-18(19)20(21,22)23;/h3-9,12,14,16,24H,10-11,13H2,1-2H3;1H/t14-,16-;/m1./s1. The molecule has 0 aliphatic carbocycles. The van der Waals surface area contributed by atoms with Crippen LogP contribution in [0.2, 0.25) is 0 Å². The lowest BCUT2D eigenvalue weighted by molar-refractivity contribution is -0.137. The molecule has 1 heterocycles. The molecule has 27 heavy (non-hydrogen) atoms. The summed E-state index contributed by atoms with van der Waals surface area (Å²) in [6.45, 7) is 3.22. The number of hydrogen-bond acceptors (Lipinski definition) is 3. The number of nitrogens with zero attached hydrogens (tertiary/aromatic N) is 1. The van der Waals surface area contributed by atoms with Gasteiger partial charge in [0.2, 0.25) is 0 Å². The van der Waals surface area contributed by atoms with E-state index in [-0.39, 0.29) is 30.2 Å². The maximum Gasteiger partial charge on any atom is 0.418 e. The lowest BCUT2D eigenvalue weighted by atomic mass is 10.1. The average molecular weight is 401 g/mol. The van der Waals surface area contributed by atoms with Crippen molar-refractivity contribution >= 4 is 18.1 Å². The van der Waals surface area contributed by atoms with Crippen molar-refractivity contribution in [2.24, 2.45) is 0 Å². The molecule has 0 spiro atoms. The Bertz CT molecular complexity index is 754. The molecule has 1 aliphatic heterocycles. The molecule has 0 saturated carbocycles. The molecule has 1 saturated heterocycles. The Balaban J connectivity index is 0.00000261. The van der Waals surface area contributed by atoms with E-state index in [1.807, 2.05) is 29.2 Å². The summed E-state index contributed by atoms with van der Waals surface area (Å²) in [5.41, 5.74) is 0.790. The summed E-state index contributed by atoms with van der Waals surface area (Å²) < 4.78 is 45.0. The minimum atomic E-state index is -4.34. The molecule has 2 aromatic carbocycles. The van der Waals surface area contributed by atoms with Gasteiger partial charge >= 0.3 is 6.18 Å². The van der Waals surface area contributed by atoms with Crippen LogP contribution >= 0.6 is 12.4 Å². The first kappa shape index (κ1) is 21.4. The molecule has 3 nitrogen and oxygen atoms in total. The maximum absolute atomic E-state index is 13.2. The minimum Gasteiger partial charge on any atom is -0.497 e. The first-order valence-electron chi connectivity index (χ1n) is 8.69. The first-order valence-corrected chi connectivity index (χ1v) is 8.69. The molecule has 1 aliphatic rings. The van der Waals surface area contributed by atoms with Gasteiger partial charge in [0.1, 0.15) is 5.75 Å².